The predicted molar refractivity (Wildman–Crippen MR) is 84.2 cm³/mol. The highest BCUT2D eigenvalue weighted by atomic mass is 16.5. The molecule has 0 saturated carbocycles. The largest absolute Gasteiger partial charge is 0.466 e. The minimum atomic E-state index is -0.297. The Morgan fingerprint density at radius 1 is 0.952 bits per heavy atom. The number of hydrogen-bond donors (Lipinski definition) is 0. The van der Waals surface area contributed by atoms with Gasteiger partial charge in [0.15, 0.2) is 5.78 Å². The molecule has 0 aromatic carbocycles. The third kappa shape index (κ3) is 8.86. The highest BCUT2D eigenvalue weighted by Gasteiger charge is 2.31. The molecule has 124 valence electrons. The molecular weight excluding hydrogens is 268 g/mol. The zero-order valence-electron chi connectivity index (χ0n) is 14.6. The summed E-state index contributed by atoms with van der Waals surface area (Å²) in [4.78, 5) is 22.7. The van der Waals surface area contributed by atoms with E-state index in [1.165, 1.54) is 7.11 Å². The molecule has 0 amide bonds. The fraction of sp³-hybridized carbons (Fsp3) is 0.882. The Labute approximate surface area is 129 Å². The van der Waals surface area contributed by atoms with Crippen LogP contribution in [-0.4, -0.2) is 32.1 Å². The van der Waals surface area contributed by atoms with Crippen LogP contribution in [0.4, 0.5) is 0 Å². The van der Waals surface area contributed by atoms with Gasteiger partial charge in [0.05, 0.1) is 13.0 Å². The van der Waals surface area contributed by atoms with E-state index in [4.69, 9.17) is 9.47 Å². The van der Waals surface area contributed by atoms with Gasteiger partial charge in [0.25, 0.3) is 0 Å². The molecule has 0 aromatic heterocycles. The number of carbonyl (C=O) groups excluding carboxylic acids is 2. The van der Waals surface area contributed by atoms with Gasteiger partial charge in [0.2, 0.25) is 0 Å². The maximum atomic E-state index is 11.5. The molecule has 0 saturated heterocycles. The van der Waals surface area contributed by atoms with E-state index in [9.17, 15) is 9.59 Å². The zero-order chi connectivity index (χ0) is 16.5. The maximum Gasteiger partial charge on any atom is 0.306 e. The van der Waals surface area contributed by atoms with Gasteiger partial charge in [-0.1, -0.05) is 34.6 Å². The number of methoxy groups -OCH3 is 1. The third-order valence-electron chi connectivity index (χ3n) is 4.40. The van der Waals surface area contributed by atoms with Crippen LogP contribution in [0.1, 0.15) is 66.7 Å². The fourth-order valence-electron chi connectivity index (χ4n) is 1.78. The Bertz CT molecular complexity index is 326. The molecule has 0 rings (SSSR count). The molecule has 0 heterocycles. The van der Waals surface area contributed by atoms with Crippen molar-refractivity contribution < 1.29 is 19.1 Å². The van der Waals surface area contributed by atoms with Gasteiger partial charge >= 0.3 is 5.97 Å². The molecule has 4 nitrogen and oxygen atoms in total. The van der Waals surface area contributed by atoms with Crippen molar-refractivity contribution in [2.45, 2.75) is 66.7 Å². The van der Waals surface area contributed by atoms with E-state index in [0.717, 1.165) is 19.3 Å². The van der Waals surface area contributed by atoms with Crippen molar-refractivity contribution in [3.8, 4) is 0 Å². The Kier molecular flexibility index (Phi) is 8.79. The van der Waals surface area contributed by atoms with E-state index < -0.39 is 0 Å². The van der Waals surface area contributed by atoms with Crippen molar-refractivity contribution >= 4 is 11.8 Å². The third-order valence-corrected chi connectivity index (χ3v) is 4.40. The number of ether oxygens (including phenoxy) is 2. The monoisotopic (exact) mass is 300 g/mol. The van der Waals surface area contributed by atoms with Gasteiger partial charge in [-0.3, -0.25) is 9.59 Å². The Hall–Kier alpha value is -0.900. The molecule has 21 heavy (non-hydrogen) atoms. The SMILES string of the molecule is COCC(=O)CCC(=O)OCCCCC(C)(C)C(C)(C)C. The Balaban J connectivity index is 3.72. The first kappa shape index (κ1) is 20.1. The smallest absolute Gasteiger partial charge is 0.306 e. The summed E-state index contributed by atoms with van der Waals surface area (Å²) in [5.74, 6) is -0.365. The van der Waals surface area contributed by atoms with Crippen molar-refractivity contribution in [2.75, 3.05) is 20.3 Å². The van der Waals surface area contributed by atoms with Gasteiger partial charge < -0.3 is 9.47 Å². The molecule has 0 aromatic rings. The first-order chi connectivity index (χ1) is 9.60. The lowest BCUT2D eigenvalue weighted by Crippen LogP contribution is -2.29. The van der Waals surface area contributed by atoms with Crippen LogP contribution in [0.2, 0.25) is 0 Å². The summed E-state index contributed by atoms with van der Waals surface area (Å²) in [6.07, 6.45) is 3.37. The lowest BCUT2D eigenvalue weighted by Gasteiger charge is -2.39. The van der Waals surface area contributed by atoms with Crippen molar-refractivity contribution in [1.82, 2.24) is 0 Å². The zero-order valence-corrected chi connectivity index (χ0v) is 14.6. The second kappa shape index (κ2) is 9.19. The molecule has 0 spiro atoms. The fourth-order valence-corrected chi connectivity index (χ4v) is 1.78. The van der Waals surface area contributed by atoms with Crippen LogP contribution >= 0.6 is 0 Å². The minimum absolute atomic E-state index is 0.0646. The van der Waals surface area contributed by atoms with E-state index in [1.54, 1.807) is 0 Å². The molecule has 0 aliphatic rings. The summed E-state index contributed by atoms with van der Waals surface area (Å²) in [6, 6.07) is 0. The molecule has 0 aliphatic heterocycles. The van der Waals surface area contributed by atoms with Crippen LogP contribution < -0.4 is 0 Å². The molecule has 0 N–H and O–H groups in total. The van der Waals surface area contributed by atoms with Crippen LogP contribution in [-0.2, 0) is 19.1 Å². The summed E-state index contributed by atoms with van der Waals surface area (Å²) < 4.78 is 9.85. The number of rotatable bonds is 10. The van der Waals surface area contributed by atoms with Crippen LogP contribution in [0.25, 0.3) is 0 Å². The Morgan fingerprint density at radius 2 is 1.57 bits per heavy atom. The molecule has 0 aliphatic carbocycles. The average molecular weight is 300 g/mol. The number of esters is 1. The van der Waals surface area contributed by atoms with Gasteiger partial charge in [-0.2, -0.15) is 0 Å². The van der Waals surface area contributed by atoms with E-state index in [1.807, 2.05) is 0 Å². The second-order valence-electron chi connectivity index (χ2n) is 7.28. The summed E-state index contributed by atoms with van der Waals surface area (Å²) in [5, 5.41) is 0. The van der Waals surface area contributed by atoms with Crippen molar-refractivity contribution in [2.24, 2.45) is 10.8 Å². The second-order valence-corrected chi connectivity index (χ2v) is 7.28. The molecule has 0 unspecified atom stereocenters. The van der Waals surface area contributed by atoms with Crippen molar-refractivity contribution in [3.63, 3.8) is 0 Å². The van der Waals surface area contributed by atoms with Gasteiger partial charge in [-0.05, 0) is 30.1 Å². The van der Waals surface area contributed by atoms with E-state index in [-0.39, 0.29) is 42.0 Å². The van der Waals surface area contributed by atoms with Crippen LogP contribution in [0, 0.1) is 10.8 Å². The number of ketones is 1. The van der Waals surface area contributed by atoms with E-state index in [2.05, 4.69) is 34.6 Å². The lowest BCUT2D eigenvalue weighted by atomic mass is 9.67. The van der Waals surface area contributed by atoms with Gasteiger partial charge in [0.1, 0.15) is 6.61 Å². The minimum Gasteiger partial charge on any atom is -0.466 e. The van der Waals surface area contributed by atoms with E-state index >= 15 is 0 Å². The quantitative estimate of drug-likeness (QED) is 0.455. The Morgan fingerprint density at radius 3 is 2.10 bits per heavy atom. The average Bonchev–Trinajstić information content (AvgIpc) is 2.35. The summed E-state index contributed by atoms with van der Waals surface area (Å²) in [5.41, 5.74) is 0.537. The molecule has 0 atom stereocenters. The van der Waals surface area contributed by atoms with Gasteiger partial charge in [-0.25, -0.2) is 0 Å². The molecular formula is C17H32O4. The first-order valence-electron chi connectivity index (χ1n) is 7.76. The molecule has 0 radical (unpaired) electrons. The van der Waals surface area contributed by atoms with Crippen LogP contribution in [0.15, 0.2) is 0 Å². The number of unbranched alkanes of at least 4 members (excludes halogenated alkanes) is 1. The highest BCUT2D eigenvalue weighted by molar-refractivity contribution is 5.83. The normalized spacial score (nSPS) is 12.3. The molecule has 4 heteroatoms. The van der Waals surface area contributed by atoms with Gasteiger partial charge in [-0.15, -0.1) is 0 Å². The molecule has 0 bridgehead atoms. The number of hydrogen-bond acceptors (Lipinski definition) is 4. The topological polar surface area (TPSA) is 52.6 Å². The highest BCUT2D eigenvalue weighted by Crippen LogP contribution is 2.41. The maximum absolute atomic E-state index is 11.5. The van der Waals surface area contributed by atoms with Crippen LogP contribution in [0.5, 0.6) is 0 Å². The van der Waals surface area contributed by atoms with Gasteiger partial charge in [0, 0.05) is 13.5 Å². The van der Waals surface area contributed by atoms with E-state index in [0.29, 0.717) is 6.61 Å². The summed E-state index contributed by atoms with van der Waals surface area (Å²) in [7, 11) is 1.47. The van der Waals surface area contributed by atoms with Crippen LogP contribution in [0.3, 0.4) is 0 Å². The van der Waals surface area contributed by atoms with Crippen molar-refractivity contribution in [1.29, 1.82) is 0 Å². The lowest BCUT2D eigenvalue weighted by molar-refractivity contribution is -0.145. The summed E-state index contributed by atoms with van der Waals surface area (Å²) >= 11 is 0. The number of carbonyl (C=O) groups is 2. The predicted octanol–water partition coefficient (Wildman–Crippen LogP) is 3.77. The first-order valence-corrected chi connectivity index (χ1v) is 7.76. The molecule has 0 fully saturated rings. The number of Topliss-reactive ketones (excluding diaryl/α,β-unsaturated/α-hetero) is 1. The standard InChI is InChI=1S/C17H32O4/c1-16(2,3)17(4,5)11-7-8-12-21-15(19)10-9-14(18)13-20-6/h7-13H2,1-6H3. The summed E-state index contributed by atoms with van der Waals surface area (Å²) in [6.45, 7) is 11.8. The van der Waals surface area contributed by atoms with Crippen molar-refractivity contribution in [3.05, 3.63) is 0 Å².